The van der Waals surface area contributed by atoms with Gasteiger partial charge in [-0.3, -0.25) is 9.59 Å². The van der Waals surface area contributed by atoms with Gasteiger partial charge in [-0.1, -0.05) is 36.4 Å². The number of carbonyl (C=O) groups is 2. The summed E-state index contributed by atoms with van der Waals surface area (Å²) in [6, 6.07) is 20.5. The molecule has 0 saturated heterocycles. The average molecular weight is 394 g/mol. The van der Waals surface area contributed by atoms with E-state index >= 15 is 0 Å². The van der Waals surface area contributed by atoms with Crippen LogP contribution in [0.15, 0.2) is 77.7 Å². The number of benzene rings is 3. The van der Waals surface area contributed by atoms with Crippen LogP contribution in [0, 0.1) is 12.7 Å². The van der Waals surface area contributed by atoms with Crippen LogP contribution in [-0.2, 0) is 4.79 Å². The van der Waals surface area contributed by atoms with Gasteiger partial charge < -0.3 is 10.6 Å². The van der Waals surface area contributed by atoms with Crippen molar-refractivity contribution in [2.24, 2.45) is 0 Å². The van der Waals surface area contributed by atoms with Gasteiger partial charge in [-0.2, -0.15) is 0 Å². The van der Waals surface area contributed by atoms with E-state index in [1.807, 2.05) is 25.1 Å². The second-order valence-corrected chi connectivity index (χ2v) is 7.15. The minimum Gasteiger partial charge on any atom is -0.325 e. The van der Waals surface area contributed by atoms with Crippen LogP contribution in [0.2, 0.25) is 0 Å². The molecule has 0 unspecified atom stereocenters. The Kier molecular flexibility index (Phi) is 6.45. The lowest BCUT2D eigenvalue weighted by Crippen LogP contribution is -2.19. The summed E-state index contributed by atoms with van der Waals surface area (Å²) in [6.45, 7) is 1.94. The van der Waals surface area contributed by atoms with Crippen molar-refractivity contribution in [3.8, 4) is 0 Å². The first-order chi connectivity index (χ1) is 13.5. The number of nitrogens with one attached hydrogen (secondary N) is 2. The summed E-state index contributed by atoms with van der Waals surface area (Å²) in [6.07, 6.45) is 0. The van der Waals surface area contributed by atoms with Gasteiger partial charge in [0.05, 0.1) is 17.0 Å². The summed E-state index contributed by atoms with van der Waals surface area (Å²) in [7, 11) is 0. The summed E-state index contributed by atoms with van der Waals surface area (Å²) >= 11 is 1.11. The number of para-hydroxylation sites is 1. The van der Waals surface area contributed by atoms with E-state index in [-0.39, 0.29) is 23.4 Å². The van der Waals surface area contributed by atoms with E-state index in [0.717, 1.165) is 17.3 Å². The number of anilines is 2. The predicted molar refractivity (Wildman–Crippen MR) is 111 cm³/mol. The molecule has 3 rings (SSSR count). The largest absolute Gasteiger partial charge is 0.325 e. The minimum atomic E-state index is -0.363. The summed E-state index contributed by atoms with van der Waals surface area (Å²) in [5.41, 5.74) is 2.48. The number of thioether (sulfide) groups is 1. The zero-order valence-corrected chi connectivity index (χ0v) is 16.1. The Morgan fingerprint density at radius 3 is 2.46 bits per heavy atom. The van der Waals surface area contributed by atoms with Gasteiger partial charge in [0.25, 0.3) is 5.91 Å². The fourth-order valence-electron chi connectivity index (χ4n) is 2.60. The maximum atomic E-state index is 13.7. The number of hydrogen-bond acceptors (Lipinski definition) is 3. The third-order valence-corrected chi connectivity index (χ3v) is 4.97. The highest BCUT2D eigenvalue weighted by Crippen LogP contribution is 2.22. The molecular formula is C22H19FN2O2S. The van der Waals surface area contributed by atoms with Crippen molar-refractivity contribution in [3.63, 3.8) is 0 Å². The molecule has 2 amide bonds. The van der Waals surface area contributed by atoms with Gasteiger partial charge in [-0.25, -0.2) is 4.39 Å². The Morgan fingerprint density at radius 1 is 0.929 bits per heavy atom. The van der Waals surface area contributed by atoms with Crippen LogP contribution in [0.5, 0.6) is 0 Å². The molecule has 4 nitrogen and oxygen atoms in total. The molecule has 142 valence electrons. The highest BCUT2D eigenvalue weighted by Gasteiger charge is 2.14. The number of amides is 2. The standard InChI is InChI=1S/C22H19FN2O2S/c1-15-7-6-8-16(13-15)24-22(27)17-9-2-4-11-19(17)25-21(26)14-28-20-12-5-3-10-18(20)23/h2-13H,14H2,1H3,(H,24,27)(H,25,26). The zero-order valence-electron chi connectivity index (χ0n) is 15.2. The van der Waals surface area contributed by atoms with Crippen molar-refractivity contribution in [1.82, 2.24) is 0 Å². The lowest BCUT2D eigenvalue weighted by atomic mass is 10.1. The second-order valence-electron chi connectivity index (χ2n) is 6.14. The van der Waals surface area contributed by atoms with Gasteiger partial charge in [0, 0.05) is 10.6 Å². The SMILES string of the molecule is Cc1cccc(NC(=O)c2ccccc2NC(=O)CSc2ccccc2F)c1. The molecule has 0 radical (unpaired) electrons. The molecule has 0 bridgehead atoms. The van der Waals surface area contributed by atoms with Gasteiger partial charge >= 0.3 is 0 Å². The van der Waals surface area contributed by atoms with Gasteiger partial charge in [-0.05, 0) is 48.9 Å². The third-order valence-electron chi connectivity index (χ3n) is 3.92. The van der Waals surface area contributed by atoms with E-state index in [1.165, 1.54) is 6.07 Å². The second kappa shape index (κ2) is 9.19. The Morgan fingerprint density at radius 2 is 1.68 bits per heavy atom. The van der Waals surface area contributed by atoms with Crippen LogP contribution >= 0.6 is 11.8 Å². The molecule has 3 aromatic carbocycles. The maximum absolute atomic E-state index is 13.7. The van der Waals surface area contributed by atoms with Crippen molar-refractivity contribution in [3.05, 3.63) is 89.7 Å². The lowest BCUT2D eigenvalue weighted by molar-refractivity contribution is -0.113. The molecule has 0 atom stereocenters. The van der Waals surface area contributed by atoms with Crippen LogP contribution in [0.4, 0.5) is 15.8 Å². The molecule has 0 aliphatic heterocycles. The van der Waals surface area contributed by atoms with Crippen LogP contribution in [0.25, 0.3) is 0 Å². The van der Waals surface area contributed by atoms with Crippen molar-refractivity contribution in [1.29, 1.82) is 0 Å². The summed E-state index contributed by atoms with van der Waals surface area (Å²) in [5, 5.41) is 5.57. The number of halogens is 1. The predicted octanol–water partition coefficient (Wildman–Crippen LogP) is 5.12. The minimum absolute atomic E-state index is 0.0365. The molecule has 6 heteroatoms. The van der Waals surface area contributed by atoms with Crippen LogP contribution in [0.3, 0.4) is 0 Å². The molecule has 0 fully saturated rings. The van der Waals surface area contributed by atoms with Crippen LogP contribution in [-0.4, -0.2) is 17.6 Å². The van der Waals surface area contributed by atoms with E-state index in [0.29, 0.717) is 21.8 Å². The molecule has 3 aromatic rings. The smallest absolute Gasteiger partial charge is 0.257 e. The van der Waals surface area contributed by atoms with Crippen LogP contribution in [0.1, 0.15) is 15.9 Å². The molecule has 0 aliphatic carbocycles. The summed E-state index contributed by atoms with van der Waals surface area (Å²) in [4.78, 5) is 25.3. The van der Waals surface area contributed by atoms with Crippen molar-refractivity contribution in [2.45, 2.75) is 11.8 Å². The van der Waals surface area contributed by atoms with Gasteiger partial charge in [0.2, 0.25) is 5.91 Å². The topological polar surface area (TPSA) is 58.2 Å². The quantitative estimate of drug-likeness (QED) is 0.571. The normalized spacial score (nSPS) is 10.4. The number of aryl methyl sites for hydroxylation is 1. The lowest BCUT2D eigenvalue weighted by Gasteiger charge is -2.12. The van der Waals surface area contributed by atoms with E-state index in [4.69, 9.17) is 0 Å². The molecule has 0 aromatic heterocycles. The number of rotatable bonds is 6. The Bertz CT molecular complexity index is 1010. The molecule has 0 aliphatic rings. The highest BCUT2D eigenvalue weighted by atomic mass is 32.2. The molecule has 0 heterocycles. The zero-order chi connectivity index (χ0) is 19.9. The first-order valence-corrected chi connectivity index (χ1v) is 9.66. The van der Waals surface area contributed by atoms with Crippen molar-refractivity contribution < 1.29 is 14.0 Å². The van der Waals surface area contributed by atoms with Crippen molar-refractivity contribution >= 4 is 35.0 Å². The Hall–Kier alpha value is -3.12. The Labute approximate surface area is 167 Å². The van der Waals surface area contributed by atoms with E-state index in [9.17, 15) is 14.0 Å². The molecule has 0 saturated carbocycles. The number of hydrogen-bond donors (Lipinski definition) is 2. The van der Waals surface area contributed by atoms with E-state index < -0.39 is 0 Å². The summed E-state index contributed by atoms with van der Waals surface area (Å²) < 4.78 is 13.7. The molecule has 28 heavy (non-hydrogen) atoms. The van der Waals surface area contributed by atoms with Gasteiger partial charge in [0.1, 0.15) is 5.82 Å². The fraction of sp³-hybridized carbons (Fsp3) is 0.0909. The molecule has 0 spiro atoms. The molecule has 2 N–H and O–H groups in total. The first kappa shape index (κ1) is 19.6. The maximum Gasteiger partial charge on any atom is 0.257 e. The fourth-order valence-corrected chi connectivity index (χ4v) is 3.34. The third kappa shape index (κ3) is 5.20. The Balaban J connectivity index is 1.67. The van der Waals surface area contributed by atoms with Crippen molar-refractivity contribution in [2.75, 3.05) is 16.4 Å². The number of carbonyl (C=O) groups excluding carboxylic acids is 2. The van der Waals surface area contributed by atoms with E-state index in [1.54, 1.807) is 48.5 Å². The van der Waals surface area contributed by atoms with Gasteiger partial charge in [-0.15, -0.1) is 11.8 Å². The van der Waals surface area contributed by atoms with E-state index in [2.05, 4.69) is 10.6 Å². The van der Waals surface area contributed by atoms with Crippen LogP contribution < -0.4 is 10.6 Å². The first-order valence-electron chi connectivity index (χ1n) is 8.67. The summed E-state index contributed by atoms with van der Waals surface area (Å²) in [5.74, 6) is -0.958. The van der Waals surface area contributed by atoms with Gasteiger partial charge in [0.15, 0.2) is 0 Å². The molecular weight excluding hydrogens is 375 g/mol. The highest BCUT2D eigenvalue weighted by molar-refractivity contribution is 8.00. The monoisotopic (exact) mass is 394 g/mol. The average Bonchev–Trinajstić information content (AvgIpc) is 2.68.